The summed E-state index contributed by atoms with van der Waals surface area (Å²) in [6, 6.07) is 4.31. The van der Waals surface area contributed by atoms with Gasteiger partial charge in [-0.15, -0.1) is 0 Å². The molecular formula is C12H15N. The van der Waals surface area contributed by atoms with Crippen LogP contribution < -0.4 is 0 Å². The lowest BCUT2D eigenvalue weighted by Gasteiger charge is -2.17. The summed E-state index contributed by atoms with van der Waals surface area (Å²) in [5.74, 6) is 0.719. The fourth-order valence-electron chi connectivity index (χ4n) is 1.78. The van der Waals surface area contributed by atoms with Gasteiger partial charge in [0, 0.05) is 5.69 Å². The molecule has 2 rings (SSSR count). The molecule has 1 nitrogen and oxygen atoms in total. The Morgan fingerprint density at radius 3 is 3.08 bits per heavy atom. The topological polar surface area (TPSA) is 12.9 Å². The molecule has 1 unspecified atom stereocenters. The summed E-state index contributed by atoms with van der Waals surface area (Å²) in [5.41, 5.74) is 3.68. The van der Waals surface area contributed by atoms with Crippen LogP contribution in [0.15, 0.2) is 18.2 Å². The lowest BCUT2D eigenvalue weighted by Crippen LogP contribution is -2.07. The van der Waals surface area contributed by atoms with Crippen molar-refractivity contribution in [2.24, 2.45) is 5.92 Å². The first kappa shape index (κ1) is 8.49. The normalized spacial score (nSPS) is 20.0. The molecule has 1 aliphatic rings. The minimum Gasteiger partial charge on any atom is -0.253 e. The van der Waals surface area contributed by atoms with Crippen LogP contribution in [0.2, 0.25) is 0 Å². The monoisotopic (exact) mass is 173 g/mol. The molecule has 0 aromatic carbocycles. The number of nitrogens with zero attached hydrogens (tertiary/aromatic N) is 1. The standard InChI is InChI=1S/C12H15N/c1-3-10-5-7-12-11(8-10)6-4-9(2)13-12/h4-7,10H,3,8H2,1-2H3. The molecule has 1 heterocycles. The Morgan fingerprint density at radius 2 is 2.31 bits per heavy atom. The Balaban J connectivity index is 2.35. The van der Waals surface area contributed by atoms with E-state index in [1.807, 2.05) is 6.92 Å². The quantitative estimate of drug-likeness (QED) is 0.636. The first-order valence-corrected chi connectivity index (χ1v) is 4.94. The minimum atomic E-state index is 0.719. The highest BCUT2D eigenvalue weighted by Crippen LogP contribution is 2.23. The summed E-state index contributed by atoms with van der Waals surface area (Å²) in [7, 11) is 0. The van der Waals surface area contributed by atoms with E-state index in [0.29, 0.717) is 0 Å². The molecule has 1 atom stereocenters. The number of rotatable bonds is 1. The van der Waals surface area contributed by atoms with Gasteiger partial charge in [-0.2, -0.15) is 0 Å². The fraction of sp³-hybridized carbons (Fsp3) is 0.417. The molecule has 0 spiro atoms. The Morgan fingerprint density at radius 1 is 1.46 bits per heavy atom. The van der Waals surface area contributed by atoms with E-state index in [1.165, 1.54) is 17.7 Å². The Labute approximate surface area is 79.5 Å². The van der Waals surface area contributed by atoms with Crippen molar-refractivity contribution in [1.29, 1.82) is 0 Å². The molecule has 68 valence electrons. The molecule has 1 aliphatic carbocycles. The van der Waals surface area contributed by atoms with E-state index < -0.39 is 0 Å². The van der Waals surface area contributed by atoms with Crippen molar-refractivity contribution in [2.75, 3.05) is 0 Å². The number of hydrogen-bond donors (Lipinski definition) is 0. The van der Waals surface area contributed by atoms with Crippen molar-refractivity contribution in [1.82, 2.24) is 4.98 Å². The summed E-state index contributed by atoms with van der Waals surface area (Å²) in [5, 5.41) is 0. The number of aryl methyl sites for hydroxylation is 1. The van der Waals surface area contributed by atoms with E-state index in [-0.39, 0.29) is 0 Å². The largest absolute Gasteiger partial charge is 0.253 e. The molecule has 13 heavy (non-hydrogen) atoms. The molecular weight excluding hydrogens is 158 g/mol. The SMILES string of the molecule is CCC1C=Cc2nc(C)ccc2C1. The van der Waals surface area contributed by atoms with Gasteiger partial charge in [0.1, 0.15) is 0 Å². The number of allylic oxidation sites excluding steroid dienone is 1. The van der Waals surface area contributed by atoms with Gasteiger partial charge in [0.05, 0.1) is 5.69 Å². The maximum Gasteiger partial charge on any atom is 0.0661 e. The van der Waals surface area contributed by atoms with Crippen LogP contribution >= 0.6 is 0 Å². The van der Waals surface area contributed by atoms with E-state index in [2.05, 4.69) is 36.2 Å². The predicted octanol–water partition coefficient (Wildman–Crippen LogP) is 2.99. The zero-order valence-electron chi connectivity index (χ0n) is 8.25. The smallest absolute Gasteiger partial charge is 0.0661 e. The van der Waals surface area contributed by atoms with Gasteiger partial charge in [-0.3, -0.25) is 4.98 Å². The third-order valence-corrected chi connectivity index (χ3v) is 2.68. The van der Waals surface area contributed by atoms with E-state index >= 15 is 0 Å². The van der Waals surface area contributed by atoms with Crippen LogP contribution in [0.4, 0.5) is 0 Å². The lowest BCUT2D eigenvalue weighted by atomic mass is 9.90. The molecule has 0 aliphatic heterocycles. The average molecular weight is 173 g/mol. The Kier molecular flexibility index (Phi) is 2.17. The van der Waals surface area contributed by atoms with Gasteiger partial charge < -0.3 is 0 Å². The molecule has 0 saturated carbocycles. The second kappa shape index (κ2) is 3.33. The summed E-state index contributed by atoms with van der Waals surface area (Å²) < 4.78 is 0. The van der Waals surface area contributed by atoms with Crippen LogP contribution in [-0.4, -0.2) is 4.98 Å². The van der Waals surface area contributed by atoms with Crippen LogP contribution in [0.5, 0.6) is 0 Å². The molecule has 1 heteroatoms. The molecule has 1 aromatic rings. The van der Waals surface area contributed by atoms with Gasteiger partial charge in [-0.25, -0.2) is 0 Å². The van der Waals surface area contributed by atoms with Crippen molar-refractivity contribution < 1.29 is 0 Å². The average Bonchev–Trinajstić information content (AvgIpc) is 2.17. The molecule has 0 radical (unpaired) electrons. The minimum absolute atomic E-state index is 0.719. The highest BCUT2D eigenvalue weighted by atomic mass is 14.7. The lowest BCUT2D eigenvalue weighted by molar-refractivity contribution is 0.617. The first-order valence-electron chi connectivity index (χ1n) is 4.94. The van der Waals surface area contributed by atoms with E-state index in [4.69, 9.17) is 0 Å². The third kappa shape index (κ3) is 1.64. The van der Waals surface area contributed by atoms with Crippen molar-refractivity contribution in [3.05, 3.63) is 35.2 Å². The highest BCUT2D eigenvalue weighted by Gasteiger charge is 2.12. The zero-order chi connectivity index (χ0) is 9.26. The summed E-state index contributed by atoms with van der Waals surface area (Å²) in [4.78, 5) is 4.50. The van der Waals surface area contributed by atoms with Crippen molar-refractivity contribution in [2.45, 2.75) is 26.7 Å². The zero-order valence-corrected chi connectivity index (χ0v) is 8.25. The van der Waals surface area contributed by atoms with Crippen LogP contribution in [0.1, 0.15) is 30.3 Å². The predicted molar refractivity (Wildman–Crippen MR) is 55.5 cm³/mol. The second-order valence-electron chi connectivity index (χ2n) is 3.73. The van der Waals surface area contributed by atoms with Crippen molar-refractivity contribution >= 4 is 6.08 Å². The van der Waals surface area contributed by atoms with E-state index in [0.717, 1.165) is 18.0 Å². The van der Waals surface area contributed by atoms with Gasteiger partial charge in [0.15, 0.2) is 0 Å². The summed E-state index contributed by atoms with van der Waals surface area (Å²) in [6.45, 7) is 4.28. The van der Waals surface area contributed by atoms with Gasteiger partial charge in [0.25, 0.3) is 0 Å². The summed E-state index contributed by atoms with van der Waals surface area (Å²) in [6.07, 6.45) is 6.84. The van der Waals surface area contributed by atoms with Crippen molar-refractivity contribution in [3.8, 4) is 0 Å². The van der Waals surface area contributed by atoms with E-state index in [1.54, 1.807) is 0 Å². The van der Waals surface area contributed by atoms with Gasteiger partial charge >= 0.3 is 0 Å². The highest BCUT2D eigenvalue weighted by molar-refractivity contribution is 5.53. The maximum absolute atomic E-state index is 4.50. The second-order valence-corrected chi connectivity index (χ2v) is 3.73. The summed E-state index contributed by atoms with van der Waals surface area (Å²) >= 11 is 0. The molecule has 0 saturated heterocycles. The third-order valence-electron chi connectivity index (χ3n) is 2.68. The van der Waals surface area contributed by atoms with Crippen LogP contribution in [0, 0.1) is 12.8 Å². The van der Waals surface area contributed by atoms with Gasteiger partial charge in [-0.1, -0.05) is 19.1 Å². The molecule has 0 fully saturated rings. The number of aromatic nitrogens is 1. The van der Waals surface area contributed by atoms with Crippen LogP contribution in [0.3, 0.4) is 0 Å². The van der Waals surface area contributed by atoms with Gasteiger partial charge in [-0.05, 0) is 43.4 Å². The first-order chi connectivity index (χ1) is 6.29. The van der Waals surface area contributed by atoms with Crippen LogP contribution in [0.25, 0.3) is 6.08 Å². The van der Waals surface area contributed by atoms with Gasteiger partial charge in [0.2, 0.25) is 0 Å². The van der Waals surface area contributed by atoms with E-state index in [9.17, 15) is 0 Å². The maximum atomic E-state index is 4.50. The Hall–Kier alpha value is -1.11. The Bertz CT molecular complexity index is 339. The molecule has 1 aromatic heterocycles. The fourth-order valence-corrected chi connectivity index (χ4v) is 1.78. The number of pyridine rings is 1. The number of hydrogen-bond acceptors (Lipinski definition) is 1. The molecule has 0 N–H and O–H groups in total. The number of fused-ring (bicyclic) bond motifs is 1. The molecule has 0 bridgehead atoms. The molecule has 0 amide bonds. The van der Waals surface area contributed by atoms with Crippen molar-refractivity contribution in [3.63, 3.8) is 0 Å². The van der Waals surface area contributed by atoms with Crippen LogP contribution in [-0.2, 0) is 6.42 Å².